The van der Waals surface area contributed by atoms with Crippen LogP contribution in [0.2, 0.25) is 0 Å². The first-order valence-electron chi connectivity index (χ1n) is 4.68. The Balaban J connectivity index is 2.24. The molecule has 72 valence electrons. The lowest BCUT2D eigenvalue weighted by molar-refractivity contribution is 0.0415. The maximum atomic E-state index is 6.03. The van der Waals surface area contributed by atoms with Crippen LogP contribution in [-0.4, -0.2) is 44.8 Å². The summed E-state index contributed by atoms with van der Waals surface area (Å²) in [7, 11) is 4.12. The summed E-state index contributed by atoms with van der Waals surface area (Å²) in [5, 5.41) is 0. The summed E-state index contributed by atoms with van der Waals surface area (Å²) in [5.41, 5.74) is 6.03. The Labute approximate surface area is 74.9 Å². The molecule has 3 nitrogen and oxygen atoms in total. The van der Waals surface area contributed by atoms with Crippen molar-refractivity contribution < 1.29 is 4.74 Å². The van der Waals surface area contributed by atoms with Gasteiger partial charge < -0.3 is 15.4 Å². The van der Waals surface area contributed by atoms with Crippen LogP contribution in [0.1, 0.15) is 12.8 Å². The van der Waals surface area contributed by atoms with Crippen LogP contribution in [0.5, 0.6) is 0 Å². The maximum absolute atomic E-state index is 6.03. The molecule has 3 heteroatoms. The van der Waals surface area contributed by atoms with Crippen molar-refractivity contribution in [2.75, 3.05) is 33.9 Å². The van der Waals surface area contributed by atoms with Gasteiger partial charge in [-0.1, -0.05) is 0 Å². The fourth-order valence-corrected chi connectivity index (χ4v) is 1.67. The van der Waals surface area contributed by atoms with Crippen LogP contribution in [0.3, 0.4) is 0 Å². The zero-order valence-corrected chi connectivity index (χ0v) is 8.12. The molecule has 1 aliphatic rings. The molecule has 2 unspecified atom stereocenters. The topological polar surface area (TPSA) is 38.5 Å². The second-order valence-electron chi connectivity index (χ2n) is 3.90. The van der Waals surface area contributed by atoms with E-state index in [9.17, 15) is 0 Å². The molecule has 2 N–H and O–H groups in total. The quantitative estimate of drug-likeness (QED) is 0.665. The van der Waals surface area contributed by atoms with Gasteiger partial charge in [-0.25, -0.2) is 0 Å². The van der Waals surface area contributed by atoms with Gasteiger partial charge in [0.15, 0.2) is 0 Å². The number of likely N-dealkylation sites (N-methyl/N-ethyl adjacent to an activating group) is 1. The number of hydrogen-bond donors (Lipinski definition) is 1. The van der Waals surface area contributed by atoms with Gasteiger partial charge in [0, 0.05) is 19.2 Å². The van der Waals surface area contributed by atoms with Crippen LogP contribution >= 0.6 is 0 Å². The van der Waals surface area contributed by atoms with Crippen molar-refractivity contribution in [1.29, 1.82) is 0 Å². The Bertz CT molecular complexity index is 122. The highest BCUT2D eigenvalue weighted by Crippen LogP contribution is 2.16. The van der Waals surface area contributed by atoms with Crippen molar-refractivity contribution in [2.45, 2.75) is 18.9 Å². The van der Waals surface area contributed by atoms with E-state index in [4.69, 9.17) is 10.5 Å². The summed E-state index contributed by atoms with van der Waals surface area (Å²) in [5.74, 6) is 0.571. The van der Waals surface area contributed by atoms with Crippen molar-refractivity contribution in [3.8, 4) is 0 Å². The molecule has 1 aliphatic heterocycles. The Hall–Kier alpha value is -0.120. The molecule has 0 aromatic heterocycles. The van der Waals surface area contributed by atoms with E-state index >= 15 is 0 Å². The summed E-state index contributed by atoms with van der Waals surface area (Å²) in [4.78, 5) is 2.14. The van der Waals surface area contributed by atoms with E-state index < -0.39 is 0 Å². The molecule has 0 spiro atoms. The average molecular weight is 172 g/mol. The predicted octanol–water partition coefficient (Wildman–Crippen LogP) is 0.302. The number of ether oxygens (including phenoxy) is 1. The van der Waals surface area contributed by atoms with Gasteiger partial charge in [0.1, 0.15) is 0 Å². The van der Waals surface area contributed by atoms with Gasteiger partial charge in [0.05, 0.1) is 6.61 Å². The van der Waals surface area contributed by atoms with E-state index in [2.05, 4.69) is 19.0 Å². The summed E-state index contributed by atoms with van der Waals surface area (Å²) < 4.78 is 5.39. The van der Waals surface area contributed by atoms with Crippen LogP contribution in [0.25, 0.3) is 0 Å². The Morgan fingerprint density at radius 2 is 2.33 bits per heavy atom. The van der Waals surface area contributed by atoms with Crippen LogP contribution in [-0.2, 0) is 4.74 Å². The van der Waals surface area contributed by atoms with E-state index in [1.54, 1.807) is 0 Å². The SMILES string of the molecule is CN(C)CC(N)C1CCCOC1. The van der Waals surface area contributed by atoms with Crippen molar-refractivity contribution in [3.05, 3.63) is 0 Å². The molecule has 2 atom stereocenters. The summed E-state index contributed by atoms with van der Waals surface area (Å²) in [6.07, 6.45) is 2.40. The van der Waals surface area contributed by atoms with Crippen molar-refractivity contribution in [1.82, 2.24) is 4.90 Å². The van der Waals surface area contributed by atoms with Gasteiger partial charge in [-0.15, -0.1) is 0 Å². The van der Waals surface area contributed by atoms with Gasteiger partial charge in [0.2, 0.25) is 0 Å². The van der Waals surface area contributed by atoms with E-state index in [-0.39, 0.29) is 6.04 Å². The molecule has 12 heavy (non-hydrogen) atoms. The molecule has 0 bridgehead atoms. The zero-order valence-electron chi connectivity index (χ0n) is 8.12. The van der Waals surface area contributed by atoms with Crippen LogP contribution in [0.4, 0.5) is 0 Å². The van der Waals surface area contributed by atoms with Crippen LogP contribution in [0, 0.1) is 5.92 Å². The summed E-state index contributed by atoms with van der Waals surface area (Å²) >= 11 is 0. The minimum atomic E-state index is 0.278. The molecule has 0 aromatic carbocycles. The highest BCUT2D eigenvalue weighted by atomic mass is 16.5. The Morgan fingerprint density at radius 3 is 2.83 bits per heavy atom. The third-order valence-electron chi connectivity index (χ3n) is 2.38. The number of nitrogens with two attached hydrogens (primary N) is 1. The molecule has 0 aliphatic carbocycles. The number of rotatable bonds is 3. The first-order valence-corrected chi connectivity index (χ1v) is 4.68. The predicted molar refractivity (Wildman–Crippen MR) is 50.1 cm³/mol. The normalized spacial score (nSPS) is 27.5. The zero-order chi connectivity index (χ0) is 8.97. The molecule has 0 radical (unpaired) electrons. The first kappa shape index (κ1) is 9.96. The summed E-state index contributed by atoms with van der Waals surface area (Å²) in [6.45, 7) is 2.74. The second-order valence-corrected chi connectivity index (χ2v) is 3.90. The number of nitrogens with zero attached hydrogens (tertiary/aromatic N) is 1. The minimum Gasteiger partial charge on any atom is -0.381 e. The molecule has 1 heterocycles. The van der Waals surface area contributed by atoms with Crippen molar-refractivity contribution >= 4 is 0 Å². The van der Waals surface area contributed by atoms with Crippen LogP contribution in [0.15, 0.2) is 0 Å². The van der Waals surface area contributed by atoms with Gasteiger partial charge in [-0.05, 0) is 32.9 Å². The Kier molecular flexibility index (Phi) is 3.98. The highest BCUT2D eigenvalue weighted by Gasteiger charge is 2.21. The largest absolute Gasteiger partial charge is 0.381 e. The van der Waals surface area contributed by atoms with Crippen molar-refractivity contribution in [3.63, 3.8) is 0 Å². The van der Waals surface area contributed by atoms with Gasteiger partial charge in [0.25, 0.3) is 0 Å². The lowest BCUT2D eigenvalue weighted by Gasteiger charge is -2.29. The first-order chi connectivity index (χ1) is 5.70. The maximum Gasteiger partial charge on any atom is 0.0509 e. The van der Waals surface area contributed by atoms with Crippen LogP contribution < -0.4 is 5.73 Å². The third kappa shape index (κ3) is 3.09. The number of hydrogen-bond acceptors (Lipinski definition) is 3. The van der Waals surface area contributed by atoms with E-state index in [1.807, 2.05) is 0 Å². The lowest BCUT2D eigenvalue weighted by atomic mass is 9.94. The molecule has 0 amide bonds. The summed E-state index contributed by atoms with van der Waals surface area (Å²) in [6, 6.07) is 0.278. The standard InChI is InChI=1S/C9H20N2O/c1-11(2)6-9(10)8-4-3-5-12-7-8/h8-9H,3-7,10H2,1-2H3. The van der Waals surface area contributed by atoms with Crippen molar-refractivity contribution in [2.24, 2.45) is 11.7 Å². The van der Waals surface area contributed by atoms with E-state index in [0.717, 1.165) is 19.8 Å². The molecule has 0 saturated carbocycles. The second kappa shape index (κ2) is 4.80. The van der Waals surface area contributed by atoms with Gasteiger partial charge >= 0.3 is 0 Å². The third-order valence-corrected chi connectivity index (χ3v) is 2.38. The monoisotopic (exact) mass is 172 g/mol. The van der Waals surface area contributed by atoms with Gasteiger partial charge in [-0.3, -0.25) is 0 Å². The minimum absolute atomic E-state index is 0.278. The molecule has 0 aromatic rings. The van der Waals surface area contributed by atoms with E-state index in [1.165, 1.54) is 12.8 Å². The molecular weight excluding hydrogens is 152 g/mol. The smallest absolute Gasteiger partial charge is 0.0509 e. The average Bonchev–Trinajstić information content (AvgIpc) is 2.05. The molecular formula is C9H20N2O. The fourth-order valence-electron chi connectivity index (χ4n) is 1.67. The molecule has 1 fully saturated rings. The van der Waals surface area contributed by atoms with E-state index in [0.29, 0.717) is 5.92 Å². The fraction of sp³-hybridized carbons (Fsp3) is 1.00. The van der Waals surface area contributed by atoms with Gasteiger partial charge in [-0.2, -0.15) is 0 Å². The lowest BCUT2D eigenvalue weighted by Crippen LogP contribution is -2.42. The molecule has 1 saturated heterocycles. The highest BCUT2D eigenvalue weighted by molar-refractivity contribution is 4.76. The molecule has 1 rings (SSSR count). The Morgan fingerprint density at radius 1 is 1.58 bits per heavy atom.